The van der Waals surface area contributed by atoms with E-state index in [0.717, 1.165) is 17.7 Å². The summed E-state index contributed by atoms with van der Waals surface area (Å²) < 4.78 is 13.9. The van der Waals surface area contributed by atoms with Crippen molar-refractivity contribution < 1.29 is 9.18 Å². The number of carbonyl (C=O) groups excluding carboxylic acids is 1. The predicted molar refractivity (Wildman–Crippen MR) is 77.8 cm³/mol. The zero-order chi connectivity index (χ0) is 14.3. The van der Waals surface area contributed by atoms with Crippen molar-refractivity contribution in [3.8, 4) is 0 Å². The number of benzene rings is 2. The van der Waals surface area contributed by atoms with Gasteiger partial charge in [-0.3, -0.25) is 4.79 Å². The van der Waals surface area contributed by atoms with Crippen LogP contribution in [0, 0.1) is 5.82 Å². The van der Waals surface area contributed by atoms with Crippen LogP contribution in [0.15, 0.2) is 42.5 Å². The second-order valence-corrected chi connectivity index (χ2v) is 5.42. The van der Waals surface area contributed by atoms with Crippen molar-refractivity contribution in [2.75, 3.05) is 4.90 Å². The summed E-state index contributed by atoms with van der Waals surface area (Å²) >= 11 is 5.73. The first-order valence-corrected chi connectivity index (χ1v) is 6.82. The number of halogens is 2. The molecule has 0 aromatic heterocycles. The quantitative estimate of drug-likeness (QED) is 0.775. The van der Waals surface area contributed by atoms with E-state index in [9.17, 15) is 9.18 Å². The van der Waals surface area contributed by atoms with Gasteiger partial charge in [0.2, 0.25) is 0 Å². The Balaban J connectivity index is 2.03. The molecule has 0 N–H and O–H groups in total. The summed E-state index contributed by atoms with van der Waals surface area (Å²) in [5.41, 5.74) is 2.03. The first-order valence-electron chi connectivity index (χ1n) is 6.44. The molecule has 2 aromatic carbocycles. The Morgan fingerprint density at radius 3 is 2.80 bits per heavy atom. The van der Waals surface area contributed by atoms with Gasteiger partial charge in [-0.15, -0.1) is 0 Å². The standard InChI is InChI=1S/C16H13ClFNO/c1-10-8-11-4-2-3-5-15(11)19(10)16(20)13-7-6-12(17)9-14(13)18/h2-7,9-10H,8H2,1H3/t10-/m1/s1. The summed E-state index contributed by atoms with van der Waals surface area (Å²) in [5, 5.41) is 0.286. The summed E-state index contributed by atoms with van der Waals surface area (Å²) in [6.07, 6.45) is 0.789. The minimum absolute atomic E-state index is 0.0231. The average molecular weight is 290 g/mol. The third kappa shape index (κ3) is 2.08. The number of para-hydroxylation sites is 1. The van der Waals surface area contributed by atoms with E-state index in [1.165, 1.54) is 18.2 Å². The number of fused-ring (bicyclic) bond motifs is 1. The Kier molecular flexibility index (Phi) is 3.22. The van der Waals surface area contributed by atoms with Crippen LogP contribution < -0.4 is 4.90 Å². The molecule has 3 rings (SSSR count). The zero-order valence-corrected chi connectivity index (χ0v) is 11.7. The van der Waals surface area contributed by atoms with Crippen molar-refractivity contribution in [2.45, 2.75) is 19.4 Å². The van der Waals surface area contributed by atoms with Gasteiger partial charge in [0, 0.05) is 16.8 Å². The van der Waals surface area contributed by atoms with E-state index in [2.05, 4.69) is 0 Å². The number of carbonyl (C=O) groups is 1. The molecule has 4 heteroatoms. The minimum Gasteiger partial charge on any atom is -0.305 e. The van der Waals surface area contributed by atoms with E-state index in [0.29, 0.717) is 0 Å². The molecule has 2 aromatic rings. The summed E-state index contributed by atoms with van der Waals surface area (Å²) in [6, 6.07) is 11.9. The van der Waals surface area contributed by atoms with Crippen LogP contribution >= 0.6 is 11.6 Å². The molecule has 1 aliphatic rings. The molecule has 0 fully saturated rings. The van der Waals surface area contributed by atoms with Crippen LogP contribution in [-0.2, 0) is 6.42 Å². The SMILES string of the molecule is C[C@@H]1Cc2ccccc2N1C(=O)c1ccc(Cl)cc1F. The fraction of sp³-hybridized carbons (Fsp3) is 0.188. The second kappa shape index (κ2) is 4.91. The van der Waals surface area contributed by atoms with Gasteiger partial charge in [0.1, 0.15) is 5.82 Å². The van der Waals surface area contributed by atoms with Crippen LogP contribution in [0.25, 0.3) is 0 Å². The molecule has 102 valence electrons. The topological polar surface area (TPSA) is 20.3 Å². The van der Waals surface area contributed by atoms with Crippen LogP contribution in [0.2, 0.25) is 5.02 Å². The van der Waals surface area contributed by atoms with Gasteiger partial charge in [-0.2, -0.15) is 0 Å². The Labute approximate surface area is 121 Å². The van der Waals surface area contributed by atoms with Gasteiger partial charge in [0.05, 0.1) is 5.56 Å². The molecular weight excluding hydrogens is 277 g/mol. The van der Waals surface area contributed by atoms with Crippen LogP contribution in [-0.4, -0.2) is 11.9 Å². The average Bonchev–Trinajstić information content (AvgIpc) is 2.73. The Morgan fingerprint density at radius 1 is 1.30 bits per heavy atom. The maximum Gasteiger partial charge on any atom is 0.261 e. The molecule has 0 unspecified atom stereocenters. The molecule has 1 amide bonds. The maximum atomic E-state index is 13.9. The van der Waals surface area contributed by atoms with Gasteiger partial charge in [0.25, 0.3) is 5.91 Å². The highest BCUT2D eigenvalue weighted by molar-refractivity contribution is 6.30. The Morgan fingerprint density at radius 2 is 2.05 bits per heavy atom. The predicted octanol–water partition coefficient (Wildman–Crippen LogP) is 4.07. The van der Waals surface area contributed by atoms with Crippen molar-refractivity contribution in [3.63, 3.8) is 0 Å². The number of hydrogen-bond donors (Lipinski definition) is 0. The normalized spacial score (nSPS) is 17.1. The van der Waals surface area contributed by atoms with Crippen LogP contribution in [0.3, 0.4) is 0 Å². The lowest BCUT2D eigenvalue weighted by molar-refractivity contribution is 0.0977. The fourth-order valence-corrected chi connectivity index (χ4v) is 2.83. The summed E-state index contributed by atoms with van der Waals surface area (Å²) in [5.74, 6) is -0.907. The van der Waals surface area contributed by atoms with Crippen molar-refractivity contribution in [1.29, 1.82) is 0 Å². The van der Waals surface area contributed by atoms with Crippen molar-refractivity contribution in [2.24, 2.45) is 0 Å². The molecule has 0 spiro atoms. The van der Waals surface area contributed by atoms with E-state index < -0.39 is 5.82 Å². The number of amides is 1. The van der Waals surface area contributed by atoms with Gasteiger partial charge in [-0.25, -0.2) is 4.39 Å². The van der Waals surface area contributed by atoms with Crippen LogP contribution in [0.4, 0.5) is 10.1 Å². The highest BCUT2D eigenvalue weighted by Crippen LogP contribution is 2.33. The maximum absolute atomic E-state index is 13.9. The van der Waals surface area contributed by atoms with Gasteiger partial charge in [0.15, 0.2) is 0 Å². The van der Waals surface area contributed by atoms with Crippen LogP contribution in [0.5, 0.6) is 0 Å². The zero-order valence-electron chi connectivity index (χ0n) is 10.9. The van der Waals surface area contributed by atoms with Gasteiger partial charge >= 0.3 is 0 Å². The summed E-state index contributed by atoms with van der Waals surface area (Å²) in [4.78, 5) is 14.2. The lowest BCUT2D eigenvalue weighted by Gasteiger charge is -2.23. The molecule has 1 aliphatic heterocycles. The van der Waals surface area contributed by atoms with E-state index in [-0.39, 0.29) is 22.5 Å². The van der Waals surface area contributed by atoms with Gasteiger partial charge in [-0.1, -0.05) is 29.8 Å². The molecular formula is C16H13ClFNO. The van der Waals surface area contributed by atoms with E-state index in [4.69, 9.17) is 11.6 Å². The van der Waals surface area contributed by atoms with Gasteiger partial charge < -0.3 is 4.90 Å². The first-order chi connectivity index (χ1) is 9.58. The highest BCUT2D eigenvalue weighted by Gasteiger charge is 2.32. The van der Waals surface area contributed by atoms with Crippen LogP contribution in [0.1, 0.15) is 22.8 Å². The molecule has 1 atom stereocenters. The highest BCUT2D eigenvalue weighted by atomic mass is 35.5. The number of nitrogens with zero attached hydrogens (tertiary/aromatic N) is 1. The second-order valence-electron chi connectivity index (χ2n) is 4.98. The summed E-state index contributed by atoms with van der Waals surface area (Å²) in [6.45, 7) is 1.96. The van der Waals surface area contributed by atoms with E-state index in [1.807, 2.05) is 31.2 Å². The largest absolute Gasteiger partial charge is 0.305 e. The fourth-order valence-electron chi connectivity index (χ4n) is 2.67. The molecule has 20 heavy (non-hydrogen) atoms. The molecule has 0 aliphatic carbocycles. The number of rotatable bonds is 1. The molecule has 0 bridgehead atoms. The molecule has 0 saturated heterocycles. The Hall–Kier alpha value is -1.87. The lowest BCUT2D eigenvalue weighted by atomic mass is 10.1. The van der Waals surface area contributed by atoms with Crippen molar-refractivity contribution >= 4 is 23.2 Å². The van der Waals surface area contributed by atoms with E-state index >= 15 is 0 Å². The van der Waals surface area contributed by atoms with Gasteiger partial charge in [-0.05, 0) is 43.2 Å². The summed E-state index contributed by atoms with van der Waals surface area (Å²) in [7, 11) is 0. The smallest absolute Gasteiger partial charge is 0.261 e. The third-order valence-corrected chi connectivity index (χ3v) is 3.82. The first kappa shape index (κ1) is 13.1. The Bertz CT molecular complexity index is 686. The lowest BCUT2D eigenvalue weighted by Crippen LogP contribution is -2.36. The monoisotopic (exact) mass is 289 g/mol. The molecule has 0 radical (unpaired) electrons. The molecule has 0 saturated carbocycles. The molecule has 2 nitrogen and oxygen atoms in total. The van der Waals surface area contributed by atoms with E-state index in [1.54, 1.807) is 4.90 Å². The minimum atomic E-state index is -0.584. The molecule has 1 heterocycles. The van der Waals surface area contributed by atoms with Crippen molar-refractivity contribution in [1.82, 2.24) is 0 Å². The number of hydrogen-bond acceptors (Lipinski definition) is 1. The van der Waals surface area contributed by atoms with Crippen molar-refractivity contribution in [3.05, 3.63) is 64.4 Å². The third-order valence-electron chi connectivity index (χ3n) is 3.59. The number of anilines is 1.